The number of aryl methyl sites for hydroxylation is 1. The van der Waals surface area contributed by atoms with Gasteiger partial charge in [-0.15, -0.1) is 11.8 Å². The van der Waals surface area contributed by atoms with E-state index in [4.69, 9.17) is 9.47 Å². The highest BCUT2D eigenvalue weighted by molar-refractivity contribution is 8.00. The van der Waals surface area contributed by atoms with Crippen molar-refractivity contribution in [1.82, 2.24) is 25.5 Å². The maximum atomic E-state index is 14.8. The quantitative estimate of drug-likeness (QED) is 0.0322. The number of thioether (sulfide) groups is 1. The average Bonchev–Trinajstić information content (AvgIpc) is 3.91. The minimum atomic E-state index is -1.31. The van der Waals surface area contributed by atoms with Gasteiger partial charge in [0.15, 0.2) is 0 Å². The van der Waals surface area contributed by atoms with Gasteiger partial charge in [-0.05, 0) is 44.9 Å². The van der Waals surface area contributed by atoms with Crippen LogP contribution in [-0.2, 0) is 42.1 Å². The summed E-state index contributed by atoms with van der Waals surface area (Å²) in [6.45, 7) is 7.22. The molecular weight excluding hydrogens is 863 g/mol. The molecule has 4 atom stereocenters. The first-order chi connectivity index (χ1) is 32.5. The van der Waals surface area contributed by atoms with Crippen molar-refractivity contribution in [3.05, 3.63) is 198 Å². The zero-order valence-electron chi connectivity index (χ0n) is 37.9. The fourth-order valence-corrected chi connectivity index (χ4v) is 10.2. The number of nitrogens with one attached hydrogen (secondary N) is 3. The number of alkyl carbamates (subject to hydrolysis) is 1. The van der Waals surface area contributed by atoms with Crippen molar-refractivity contribution in [3.8, 4) is 11.1 Å². The summed E-state index contributed by atoms with van der Waals surface area (Å²) in [6, 6.07) is 42.6. The predicted octanol–water partition coefficient (Wildman–Crippen LogP) is 7.70. The molecule has 0 saturated carbocycles. The molecule has 0 unspecified atom stereocenters. The van der Waals surface area contributed by atoms with E-state index in [0.29, 0.717) is 5.69 Å². The largest absolute Gasteiger partial charge is 0.461 e. The first-order valence-corrected chi connectivity index (χ1v) is 23.4. The van der Waals surface area contributed by atoms with Gasteiger partial charge in [0.05, 0.1) is 35.3 Å². The number of aliphatic hydroxyl groups excluding tert-OH is 1. The Morgan fingerprint density at radius 1 is 0.746 bits per heavy atom. The van der Waals surface area contributed by atoms with Crippen LogP contribution in [-0.4, -0.2) is 81.7 Å². The minimum Gasteiger partial charge on any atom is -0.461 e. The summed E-state index contributed by atoms with van der Waals surface area (Å²) in [4.78, 5) is 60.5. The van der Waals surface area contributed by atoms with Gasteiger partial charge in [-0.1, -0.05) is 166 Å². The lowest BCUT2D eigenvalue weighted by Gasteiger charge is -2.37. The number of fused-ring (bicyclic) bond motifs is 3. The Hall–Kier alpha value is -6.96. The fourth-order valence-electron chi connectivity index (χ4n) is 8.69. The van der Waals surface area contributed by atoms with E-state index >= 15 is 0 Å². The highest BCUT2D eigenvalue weighted by Gasteiger charge is 2.40. The van der Waals surface area contributed by atoms with E-state index in [1.807, 2.05) is 141 Å². The van der Waals surface area contributed by atoms with Gasteiger partial charge < -0.3 is 35.1 Å². The molecule has 13 heteroatoms. The number of aromatic nitrogens is 2. The SMILES string of the molecule is C=CCOC(=O)C[C@H](O)[C@H](NC(=O)[C@@H](CSC(c1ccccc1)(c1ccccc1)c1ccccc1)NC(=O)[C@@H](Cc1cn(C)cn1)NC(=O)OCC1c2ccccc2-c2ccccc21)C(C)C. The summed E-state index contributed by atoms with van der Waals surface area (Å²) >= 11 is 1.47. The molecule has 1 heterocycles. The van der Waals surface area contributed by atoms with Gasteiger partial charge in [-0.3, -0.25) is 14.4 Å². The lowest BCUT2D eigenvalue weighted by molar-refractivity contribution is -0.145. The Balaban J connectivity index is 1.20. The minimum absolute atomic E-state index is 0.0134. The second-order valence-corrected chi connectivity index (χ2v) is 18.2. The molecule has 1 aliphatic rings. The van der Waals surface area contributed by atoms with Crippen molar-refractivity contribution in [1.29, 1.82) is 0 Å². The van der Waals surface area contributed by atoms with Crippen LogP contribution in [0.25, 0.3) is 11.1 Å². The number of hydrogen-bond acceptors (Lipinski definition) is 9. The molecule has 0 aliphatic heterocycles. The van der Waals surface area contributed by atoms with Gasteiger partial charge in [0.1, 0.15) is 25.3 Å². The van der Waals surface area contributed by atoms with E-state index in [0.717, 1.165) is 38.9 Å². The van der Waals surface area contributed by atoms with E-state index in [2.05, 4.69) is 39.6 Å². The molecule has 6 aromatic rings. The molecule has 3 amide bonds. The van der Waals surface area contributed by atoms with Crippen LogP contribution in [0.1, 0.15) is 59.7 Å². The average molecular weight is 920 g/mol. The zero-order chi connectivity index (χ0) is 47.3. The van der Waals surface area contributed by atoms with Gasteiger partial charge in [-0.2, -0.15) is 0 Å². The third-order valence-electron chi connectivity index (χ3n) is 11.9. The molecule has 7 rings (SSSR count). The summed E-state index contributed by atoms with van der Waals surface area (Å²) in [6.07, 6.45) is 2.28. The molecule has 0 fully saturated rings. The molecule has 5 aromatic carbocycles. The second-order valence-electron chi connectivity index (χ2n) is 16.9. The van der Waals surface area contributed by atoms with Crippen LogP contribution < -0.4 is 16.0 Å². The Morgan fingerprint density at radius 2 is 1.27 bits per heavy atom. The number of esters is 1. The number of imidazole rings is 1. The van der Waals surface area contributed by atoms with Crippen molar-refractivity contribution < 1.29 is 33.8 Å². The van der Waals surface area contributed by atoms with Gasteiger partial charge in [0.25, 0.3) is 0 Å². The van der Waals surface area contributed by atoms with Crippen molar-refractivity contribution in [3.63, 3.8) is 0 Å². The van der Waals surface area contributed by atoms with E-state index in [1.165, 1.54) is 17.8 Å². The number of ether oxygens (including phenoxy) is 2. The maximum Gasteiger partial charge on any atom is 0.407 e. The van der Waals surface area contributed by atoms with Gasteiger partial charge >= 0.3 is 12.1 Å². The summed E-state index contributed by atoms with van der Waals surface area (Å²) in [5.74, 6) is -2.42. The van der Waals surface area contributed by atoms with Crippen LogP contribution in [0.4, 0.5) is 4.79 Å². The molecule has 0 bridgehead atoms. The fraction of sp³-hybridized carbons (Fsp3) is 0.278. The van der Waals surface area contributed by atoms with Crippen LogP contribution in [0.5, 0.6) is 0 Å². The topological polar surface area (TPSA) is 161 Å². The van der Waals surface area contributed by atoms with Crippen molar-refractivity contribution in [2.75, 3.05) is 19.0 Å². The molecular formula is C54H57N5O7S. The first kappa shape index (κ1) is 48.0. The molecule has 1 aliphatic carbocycles. The van der Waals surface area contributed by atoms with Crippen molar-refractivity contribution in [2.45, 2.75) is 61.6 Å². The van der Waals surface area contributed by atoms with E-state index in [-0.39, 0.29) is 43.6 Å². The smallest absolute Gasteiger partial charge is 0.407 e. The van der Waals surface area contributed by atoms with Gasteiger partial charge in [-0.25, -0.2) is 9.78 Å². The third-order valence-corrected chi connectivity index (χ3v) is 13.6. The summed E-state index contributed by atoms with van der Waals surface area (Å²) in [5, 5.41) is 20.1. The predicted molar refractivity (Wildman–Crippen MR) is 261 cm³/mol. The Bertz CT molecular complexity index is 2480. The lowest BCUT2D eigenvalue weighted by atomic mass is 9.84. The van der Waals surface area contributed by atoms with Crippen molar-refractivity contribution >= 4 is 35.6 Å². The number of aliphatic hydroxyl groups is 1. The second kappa shape index (κ2) is 22.5. The number of carbonyl (C=O) groups is 4. The van der Waals surface area contributed by atoms with E-state index < -0.39 is 52.9 Å². The normalized spacial score (nSPS) is 13.9. The van der Waals surface area contributed by atoms with Crippen LogP contribution >= 0.6 is 11.8 Å². The number of carbonyl (C=O) groups excluding carboxylic acids is 4. The Morgan fingerprint density at radius 3 is 1.78 bits per heavy atom. The number of hydrogen-bond donors (Lipinski definition) is 4. The first-order valence-electron chi connectivity index (χ1n) is 22.4. The number of benzene rings is 5. The van der Waals surface area contributed by atoms with Crippen LogP contribution in [0.2, 0.25) is 0 Å². The molecule has 4 N–H and O–H groups in total. The van der Waals surface area contributed by atoms with Crippen LogP contribution in [0.3, 0.4) is 0 Å². The standard InChI is InChI=1S/C54H57N5O7S/c1-5-29-65-49(61)31-48(60)50(36(2)3)58-52(63)47(34-67-54(37-19-9-6-10-20-37,38-21-11-7-12-22-38)39-23-13-8-14-24-39)56-51(62)46(30-40-32-59(4)35-55-40)57-53(64)66-33-45-43-27-17-15-25-41(43)42-26-16-18-28-44(42)45/h5-28,32,35-36,45-48,50,60H,1,29-31,33-34H2,2-4H3,(H,56,62)(H,57,64)(H,58,63)/t46-,47-,48+,50-/m1/s1. The Labute approximate surface area is 396 Å². The van der Waals surface area contributed by atoms with Crippen LogP contribution in [0, 0.1) is 5.92 Å². The van der Waals surface area contributed by atoms with Gasteiger partial charge in [0.2, 0.25) is 11.8 Å². The van der Waals surface area contributed by atoms with Crippen LogP contribution in [0.15, 0.2) is 165 Å². The zero-order valence-corrected chi connectivity index (χ0v) is 38.7. The highest BCUT2D eigenvalue weighted by atomic mass is 32.2. The van der Waals surface area contributed by atoms with Crippen molar-refractivity contribution in [2.24, 2.45) is 13.0 Å². The van der Waals surface area contributed by atoms with E-state index in [9.17, 15) is 24.3 Å². The molecule has 1 aromatic heterocycles. The number of amides is 3. The molecule has 0 saturated heterocycles. The number of nitrogens with zero attached hydrogens (tertiary/aromatic N) is 2. The van der Waals surface area contributed by atoms with E-state index in [1.54, 1.807) is 24.1 Å². The maximum absolute atomic E-state index is 14.8. The number of rotatable bonds is 21. The summed E-state index contributed by atoms with van der Waals surface area (Å²) < 4.78 is 11.9. The summed E-state index contributed by atoms with van der Waals surface area (Å²) in [7, 11) is 1.80. The summed E-state index contributed by atoms with van der Waals surface area (Å²) in [5.41, 5.74) is 7.61. The lowest BCUT2D eigenvalue weighted by Crippen LogP contribution is -2.58. The molecule has 0 spiro atoms. The highest BCUT2D eigenvalue weighted by Crippen LogP contribution is 2.49. The molecule has 0 radical (unpaired) electrons. The molecule has 12 nitrogen and oxygen atoms in total. The molecule has 67 heavy (non-hydrogen) atoms. The third kappa shape index (κ3) is 11.5. The monoisotopic (exact) mass is 919 g/mol. The van der Waals surface area contributed by atoms with Gasteiger partial charge in [0, 0.05) is 31.3 Å². The molecule has 346 valence electrons. The Kier molecular flexibility index (Phi) is 16.1.